The zero-order valence-corrected chi connectivity index (χ0v) is 15.8. The molecular weight excluding hydrogens is 348 g/mol. The van der Waals surface area contributed by atoms with Crippen LogP contribution >= 0.6 is 12.2 Å². The van der Waals surface area contributed by atoms with Gasteiger partial charge in [-0.15, -0.1) is 0 Å². The van der Waals surface area contributed by atoms with Crippen molar-refractivity contribution in [2.24, 2.45) is 0 Å². The topological polar surface area (TPSA) is 71.9 Å². The number of nitrogens with one attached hydrogen (secondary N) is 2. The first-order valence-electron chi connectivity index (χ1n) is 8.91. The smallest absolute Gasteiger partial charge is 0.240 e. The van der Waals surface area contributed by atoms with Crippen molar-refractivity contribution in [3.63, 3.8) is 0 Å². The lowest BCUT2D eigenvalue weighted by Gasteiger charge is -2.13. The van der Waals surface area contributed by atoms with Crippen molar-refractivity contribution in [2.75, 3.05) is 13.7 Å². The molecule has 1 aromatic heterocycles. The van der Waals surface area contributed by atoms with Crippen molar-refractivity contribution in [3.05, 3.63) is 40.7 Å². The molecule has 0 fully saturated rings. The highest BCUT2D eigenvalue weighted by Gasteiger charge is 2.13. The van der Waals surface area contributed by atoms with Gasteiger partial charge in [0, 0.05) is 12.1 Å². The maximum absolute atomic E-state index is 12.3. The van der Waals surface area contributed by atoms with Crippen LogP contribution in [0.2, 0.25) is 0 Å². The van der Waals surface area contributed by atoms with Gasteiger partial charge in [0.2, 0.25) is 5.91 Å². The molecule has 0 atom stereocenters. The fourth-order valence-corrected chi connectivity index (χ4v) is 3.32. The predicted octanol–water partition coefficient (Wildman–Crippen LogP) is 3.62. The van der Waals surface area contributed by atoms with Crippen LogP contribution in [0.25, 0.3) is 11.4 Å². The van der Waals surface area contributed by atoms with Gasteiger partial charge in [0.1, 0.15) is 12.3 Å². The molecule has 0 unspecified atom stereocenters. The molecule has 1 amide bonds. The van der Waals surface area contributed by atoms with Crippen LogP contribution in [-0.2, 0) is 11.3 Å². The number of hydrogen-bond acceptors (Lipinski definition) is 4. The number of aromatic amines is 1. The molecule has 1 aliphatic carbocycles. The second-order valence-corrected chi connectivity index (χ2v) is 6.76. The molecule has 3 rings (SSSR count). The summed E-state index contributed by atoms with van der Waals surface area (Å²) in [6, 6.07) is 7.51. The largest absolute Gasteiger partial charge is 0.497 e. The van der Waals surface area contributed by atoms with E-state index in [-0.39, 0.29) is 12.5 Å². The first-order chi connectivity index (χ1) is 12.7. The molecule has 26 heavy (non-hydrogen) atoms. The molecule has 0 saturated heterocycles. The van der Waals surface area contributed by atoms with Gasteiger partial charge >= 0.3 is 0 Å². The van der Waals surface area contributed by atoms with Crippen molar-refractivity contribution in [2.45, 2.75) is 38.6 Å². The zero-order valence-electron chi connectivity index (χ0n) is 15.0. The Balaban J connectivity index is 1.61. The predicted molar refractivity (Wildman–Crippen MR) is 104 cm³/mol. The van der Waals surface area contributed by atoms with Crippen LogP contribution in [0, 0.1) is 4.77 Å². The van der Waals surface area contributed by atoms with E-state index >= 15 is 0 Å². The summed E-state index contributed by atoms with van der Waals surface area (Å²) < 4.78 is 7.32. The quantitative estimate of drug-likeness (QED) is 0.575. The van der Waals surface area contributed by atoms with Gasteiger partial charge in [-0.3, -0.25) is 14.5 Å². The van der Waals surface area contributed by atoms with E-state index in [0.29, 0.717) is 17.1 Å². The van der Waals surface area contributed by atoms with Gasteiger partial charge < -0.3 is 10.1 Å². The lowest BCUT2D eigenvalue weighted by molar-refractivity contribution is -0.121. The fourth-order valence-electron chi connectivity index (χ4n) is 3.12. The number of carbonyl (C=O) groups excluding carboxylic acids is 1. The van der Waals surface area contributed by atoms with E-state index in [2.05, 4.69) is 21.6 Å². The SMILES string of the molecule is COc1ccc(-c2n[nH]c(=S)n2CC(=O)NCCC2=CCCCC2)cc1. The van der Waals surface area contributed by atoms with Crippen LogP contribution in [0.4, 0.5) is 0 Å². The van der Waals surface area contributed by atoms with Crippen LogP contribution in [0.5, 0.6) is 5.75 Å². The minimum atomic E-state index is -0.0614. The minimum absolute atomic E-state index is 0.0614. The summed E-state index contributed by atoms with van der Waals surface area (Å²) in [5, 5.41) is 10.0. The fraction of sp³-hybridized carbons (Fsp3) is 0.421. The Morgan fingerprint density at radius 3 is 2.85 bits per heavy atom. The highest BCUT2D eigenvalue weighted by Crippen LogP contribution is 2.21. The van der Waals surface area contributed by atoms with Crippen molar-refractivity contribution < 1.29 is 9.53 Å². The van der Waals surface area contributed by atoms with Gasteiger partial charge in [0.25, 0.3) is 0 Å². The number of aromatic nitrogens is 3. The molecule has 0 aliphatic heterocycles. The minimum Gasteiger partial charge on any atom is -0.497 e. The van der Waals surface area contributed by atoms with Gasteiger partial charge in [-0.1, -0.05) is 11.6 Å². The van der Waals surface area contributed by atoms with Crippen LogP contribution in [0.3, 0.4) is 0 Å². The van der Waals surface area contributed by atoms with Crippen LogP contribution in [0.1, 0.15) is 32.1 Å². The lowest BCUT2D eigenvalue weighted by Crippen LogP contribution is -2.29. The van der Waals surface area contributed by atoms with E-state index in [0.717, 1.165) is 24.2 Å². The molecule has 138 valence electrons. The van der Waals surface area contributed by atoms with Crippen molar-refractivity contribution in [1.29, 1.82) is 0 Å². The lowest BCUT2D eigenvalue weighted by atomic mass is 9.97. The molecule has 0 bridgehead atoms. The van der Waals surface area contributed by atoms with Gasteiger partial charge in [-0.25, -0.2) is 0 Å². The third-order valence-electron chi connectivity index (χ3n) is 4.56. The molecule has 7 heteroatoms. The number of ether oxygens (including phenoxy) is 1. The zero-order chi connectivity index (χ0) is 18.4. The summed E-state index contributed by atoms with van der Waals surface area (Å²) in [5.74, 6) is 1.35. The highest BCUT2D eigenvalue weighted by atomic mass is 32.1. The molecule has 1 aliphatic rings. The van der Waals surface area contributed by atoms with E-state index in [1.807, 2.05) is 24.3 Å². The molecule has 2 N–H and O–H groups in total. The Hall–Kier alpha value is -2.41. The van der Waals surface area contributed by atoms with Crippen molar-refractivity contribution >= 4 is 18.1 Å². The number of amides is 1. The van der Waals surface area contributed by atoms with Gasteiger partial charge in [0.05, 0.1) is 7.11 Å². The van der Waals surface area contributed by atoms with Gasteiger partial charge in [-0.05, 0) is 68.6 Å². The number of carbonyl (C=O) groups is 1. The first kappa shape index (κ1) is 18.4. The van der Waals surface area contributed by atoms with Crippen molar-refractivity contribution in [3.8, 4) is 17.1 Å². The molecule has 0 saturated carbocycles. The highest BCUT2D eigenvalue weighted by molar-refractivity contribution is 7.71. The number of nitrogens with zero attached hydrogens (tertiary/aromatic N) is 2. The number of hydrogen-bond donors (Lipinski definition) is 2. The summed E-state index contributed by atoms with van der Waals surface area (Å²) >= 11 is 5.29. The summed E-state index contributed by atoms with van der Waals surface area (Å²) in [4.78, 5) is 12.3. The van der Waals surface area contributed by atoms with Crippen molar-refractivity contribution in [1.82, 2.24) is 20.1 Å². The van der Waals surface area contributed by atoms with E-state index in [9.17, 15) is 4.79 Å². The standard InChI is InChI=1S/C19H24N4O2S/c1-25-16-9-7-15(8-10-16)18-21-22-19(26)23(18)13-17(24)20-12-11-14-5-3-2-4-6-14/h5,7-10H,2-4,6,11-13H2,1H3,(H,20,24)(H,22,26). The van der Waals surface area contributed by atoms with E-state index in [1.54, 1.807) is 11.7 Å². The maximum atomic E-state index is 12.3. The molecule has 2 aromatic rings. The van der Waals surface area contributed by atoms with Gasteiger partial charge in [-0.2, -0.15) is 5.10 Å². The Bertz CT molecular complexity index is 836. The second-order valence-electron chi connectivity index (χ2n) is 6.38. The second kappa shape index (κ2) is 8.80. The summed E-state index contributed by atoms with van der Waals surface area (Å²) in [7, 11) is 1.62. The summed E-state index contributed by atoms with van der Waals surface area (Å²) in [6.07, 6.45) is 8.10. The number of allylic oxidation sites excluding steroid dienone is 1. The van der Waals surface area contributed by atoms with E-state index in [4.69, 9.17) is 17.0 Å². The molecule has 0 radical (unpaired) electrons. The first-order valence-corrected chi connectivity index (χ1v) is 9.32. The number of rotatable bonds is 7. The summed E-state index contributed by atoms with van der Waals surface area (Å²) in [5.41, 5.74) is 2.33. The molecular formula is C19H24N4O2S. The summed E-state index contributed by atoms with van der Waals surface area (Å²) in [6.45, 7) is 0.809. The monoisotopic (exact) mass is 372 g/mol. The van der Waals surface area contributed by atoms with Crippen LogP contribution < -0.4 is 10.1 Å². The Morgan fingerprint density at radius 2 is 2.15 bits per heavy atom. The average molecular weight is 372 g/mol. The molecule has 1 heterocycles. The molecule has 6 nitrogen and oxygen atoms in total. The third-order valence-corrected chi connectivity index (χ3v) is 4.87. The maximum Gasteiger partial charge on any atom is 0.240 e. The Labute approximate surface area is 158 Å². The van der Waals surface area contributed by atoms with E-state index in [1.165, 1.54) is 24.8 Å². The number of H-pyrrole nitrogens is 1. The van der Waals surface area contributed by atoms with Crippen LogP contribution in [0.15, 0.2) is 35.9 Å². The Kier molecular flexibility index (Phi) is 6.22. The Morgan fingerprint density at radius 1 is 1.35 bits per heavy atom. The normalized spacial score (nSPS) is 14.0. The molecule has 0 spiro atoms. The number of benzene rings is 1. The number of methoxy groups -OCH3 is 1. The van der Waals surface area contributed by atoms with Crippen LogP contribution in [-0.4, -0.2) is 34.3 Å². The average Bonchev–Trinajstić information content (AvgIpc) is 3.03. The van der Waals surface area contributed by atoms with E-state index < -0.39 is 0 Å². The molecule has 1 aromatic carbocycles. The third kappa shape index (κ3) is 4.60. The van der Waals surface area contributed by atoms with Gasteiger partial charge in [0.15, 0.2) is 10.6 Å².